The summed E-state index contributed by atoms with van der Waals surface area (Å²) in [6.07, 6.45) is 1.54. The zero-order valence-electron chi connectivity index (χ0n) is 12.9. The van der Waals surface area contributed by atoms with Crippen LogP contribution in [0, 0.1) is 0 Å². The minimum absolute atomic E-state index is 0.137. The highest BCUT2D eigenvalue weighted by Crippen LogP contribution is 2.21. The van der Waals surface area contributed by atoms with Crippen molar-refractivity contribution in [2.24, 2.45) is 7.05 Å². The van der Waals surface area contributed by atoms with E-state index in [4.69, 9.17) is 16.3 Å². The van der Waals surface area contributed by atoms with E-state index in [-0.39, 0.29) is 10.6 Å². The highest BCUT2D eigenvalue weighted by Gasteiger charge is 2.17. The zero-order valence-corrected chi connectivity index (χ0v) is 13.6. The molecule has 10 heteroatoms. The van der Waals surface area contributed by atoms with Gasteiger partial charge in [-0.15, -0.1) is 0 Å². The Labute approximate surface area is 141 Å². The number of halogens is 1. The first-order chi connectivity index (χ1) is 11.5. The fourth-order valence-electron chi connectivity index (χ4n) is 2.07. The lowest BCUT2D eigenvalue weighted by atomic mass is 10.2. The lowest BCUT2D eigenvalue weighted by Gasteiger charge is -2.08. The SMILES string of the molecule is CCn1nccc1OC(=O)c1ccc(-n2nnn(C)c2=O)cc1Cl. The van der Waals surface area contributed by atoms with Crippen LogP contribution in [-0.2, 0) is 13.6 Å². The summed E-state index contributed by atoms with van der Waals surface area (Å²) in [5.74, 6) is -0.291. The molecule has 0 amide bonds. The Bertz CT molecular complexity index is 958. The number of nitrogens with zero attached hydrogens (tertiary/aromatic N) is 6. The molecule has 0 spiro atoms. The zero-order chi connectivity index (χ0) is 17.3. The normalized spacial score (nSPS) is 10.8. The number of aryl methyl sites for hydroxylation is 2. The van der Waals surface area contributed by atoms with Gasteiger partial charge in [-0.1, -0.05) is 11.6 Å². The molecule has 124 valence electrons. The Kier molecular flexibility index (Phi) is 4.17. The first-order valence-corrected chi connectivity index (χ1v) is 7.42. The van der Waals surface area contributed by atoms with E-state index in [9.17, 15) is 9.59 Å². The van der Waals surface area contributed by atoms with Crippen molar-refractivity contribution >= 4 is 17.6 Å². The second kappa shape index (κ2) is 6.28. The third-order valence-corrected chi connectivity index (χ3v) is 3.63. The number of tetrazole rings is 1. The van der Waals surface area contributed by atoms with Gasteiger partial charge in [-0.2, -0.15) is 14.5 Å². The van der Waals surface area contributed by atoms with Crippen molar-refractivity contribution in [3.05, 3.63) is 51.5 Å². The lowest BCUT2D eigenvalue weighted by molar-refractivity contribution is 0.0719. The van der Waals surface area contributed by atoms with E-state index in [1.807, 2.05) is 6.92 Å². The van der Waals surface area contributed by atoms with E-state index in [2.05, 4.69) is 15.5 Å². The van der Waals surface area contributed by atoms with Crippen molar-refractivity contribution in [2.45, 2.75) is 13.5 Å². The number of carbonyl (C=O) groups excluding carboxylic acids is 1. The number of aromatic nitrogens is 6. The third-order valence-electron chi connectivity index (χ3n) is 3.31. The summed E-state index contributed by atoms with van der Waals surface area (Å²) in [6, 6.07) is 6.04. The number of hydrogen-bond acceptors (Lipinski definition) is 6. The van der Waals surface area contributed by atoms with Crippen molar-refractivity contribution in [3.63, 3.8) is 0 Å². The number of esters is 1. The van der Waals surface area contributed by atoms with Crippen molar-refractivity contribution < 1.29 is 9.53 Å². The van der Waals surface area contributed by atoms with Gasteiger partial charge in [0.2, 0.25) is 5.88 Å². The second-order valence-electron chi connectivity index (χ2n) is 4.84. The molecule has 0 bridgehead atoms. The molecule has 9 nitrogen and oxygen atoms in total. The predicted octanol–water partition coefficient (Wildman–Crippen LogP) is 1.06. The van der Waals surface area contributed by atoms with E-state index in [0.29, 0.717) is 18.1 Å². The molecule has 0 saturated carbocycles. The number of carbonyl (C=O) groups is 1. The first-order valence-electron chi connectivity index (χ1n) is 7.04. The topological polar surface area (TPSA) is 96.8 Å². The van der Waals surface area contributed by atoms with Gasteiger partial charge in [-0.05, 0) is 35.5 Å². The van der Waals surface area contributed by atoms with E-state index >= 15 is 0 Å². The first kappa shape index (κ1) is 15.9. The van der Waals surface area contributed by atoms with Crippen LogP contribution in [0.2, 0.25) is 5.02 Å². The molecular formula is C14H13ClN6O3. The highest BCUT2D eigenvalue weighted by atomic mass is 35.5. The third kappa shape index (κ3) is 2.81. The highest BCUT2D eigenvalue weighted by molar-refractivity contribution is 6.33. The molecule has 0 aliphatic carbocycles. The molecule has 0 aliphatic rings. The van der Waals surface area contributed by atoms with Crippen molar-refractivity contribution in [1.29, 1.82) is 0 Å². The van der Waals surface area contributed by atoms with Crippen LogP contribution in [0.15, 0.2) is 35.3 Å². The molecule has 0 saturated heterocycles. The van der Waals surface area contributed by atoms with Crippen molar-refractivity contribution in [1.82, 2.24) is 29.6 Å². The fourth-order valence-corrected chi connectivity index (χ4v) is 2.32. The maximum absolute atomic E-state index is 12.3. The Morgan fingerprint density at radius 2 is 2.08 bits per heavy atom. The molecule has 0 atom stereocenters. The van der Waals surface area contributed by atoms with E-state index in [1.54, 1.807) is 10.7 Å². The molecular weight excluding hydrogens is 336 g/mol. The van der Waals surface area contributed by atoms with Crippen LogP contribution in [0.5, 0.6) is 5.88 Å². The molecule has 0 radical (unpaired) electrons. The predicted molar refractivity (Wildman–Crippen MR) is 84.5 cm³/mol. The van der Waals surface area contributed by atoms with Crippen LogP contribution in [0.25, 0.3) is 5.69 Å². The van der Waals surface area contributed by atoms with E-state index in [1.165, 1.54) is 31.4 Å². The van der Waals surface area contributed by atoms with Gasteiger partial charge < -0.3 is 4.74 Å². The lowest BCUT2D eigenvalue weighted by Crippen LogP contribution is -2.22. The summed E-state index contributed by atoms with van der Waals surface area (Å²) in [4.78, 5) is 24.1. The van der Waals surface area contributed by atoms with Crippen LogP contribution in [-0.4, -0.2) is 35.5 Å². The summed E-state index contributed by atoms with van der Waals surface area (Å²) < 4.78 is 9.00. The van der Waals surface area contributed by atoms with E-state index in [0.717, 1.165) is 9.36 Å². The van der Waals surface area contributed by atoms with Gasteiger partial charge in [0.1, 0.15) is 0 Å². The van der Waals surface area contributed by atoms with Crippen molar-refractivity contribution in [2.75, 3.05) is 0 Å². The van der Waals surface area contributed by atoms with Gasteiger partial charge in [0.15, 0.2) is 0 Å². The summed E-state index contributed by atoms with van der Waals surface area (Å²) in [5, 5.41) is 11.5. The van der Waals surface area contributed by atoms with Gasteiger partial charge >= 0.3 is 11.7 Å². The Hall–Kier alpha value is -2.94. The number of benzene rings is 1. The monoisotopic (exact) mass is 348 g/mol. The molecule has 0 N–H and O–H groups in total. The molecule has 3 rings (SSSR count). The molecule has 24 heavy (non-hydrogen) atoms. The van der Waals surface area contributed by atoms with Gasteiger partial charge in [-0.25, -0.2) is 14.3 Å². The average molecular weight is 349 g/mol. The fraction of sp³-hybridized carbons (Fsp3) is 0.214. The summed E-state index contributed by atoms with van der Waals surface area (Å²) in [6.45, 7) is 2.45. The Morgan fingerprint density at radius 1 is 1.29 bits per heavy atom. The Morgan fingerprint density at radius 3 is 2.71 bits per heavy atom. The van der Waals surface area contributed by atoms with Crippen LogP contribution >= 0.6 is 11.6 Å². The van der Waals surface area contributed by atoms with Crippen LogP contribution in [0.1, 0.15) is 17.3 Å². The van der Waals surface area contributed by atoms with Crippen LogP contribution in [0.4, 0.5) is 0 Å². The maximum atomic E-state index is 12.3. The molecule has 0 unspecified atom stereocenters. The molecule has 2 aromatic heterocycles. The van der Waals surface area contributed by atoms with Crippen LogP contribution in [0.3, 0.4) is 0 Å². The van der Waals surface area contributed by atoms with Crippen molar-refractivity contribution in [3.8, 4) is 11.6 Å². The number of ether oxygens (including phenoxy) is 1. The molecule has 2 heterocycles. The smallest absolute Gasteiger partial charge is 0.368 e. The van der Waals surface area contributed by atoms with Gasteiger partial charge in [0.05, 0.1) is 22.5 Å². The number of rotatable bonds is 4. The van der Waals surface area contributed by atoms with Gasteiger partial charge in [0.25, 0.3) is 0 Å². The average Bonchev–Trinajstić information content (AvgIpc) is 3.14. The van der Waals surface area contributed by atoms with E-state index < -0.39 is 11.7 Å². The van der Waals surface area contributed by atoms with Crippen LogP contribution < -0.4 is 10.4 Å². The summed E-state index contributed by atoms with van der Waals surface area (Å²) in [7, 11) is 1.48. The quantitative estimate of drug-likeness (QED) is 0.654. The minimum Gasteiger partial charge on any atom is -0.404 e. The maximum Gasteiger partial charge on any atom is 0.368 e. The second-order valence-corrected chi connectivity index (χ2v) is 5.24. The minimum atomic E-state index is -0.617. The van der Waals surface area contributed by atoms with Gasteiger partial charge in [0, 0.05) is 19.7 Å². The van der Waals surface area contributed by atoms with Gasteiger partial charge in [-0.3, -0.25) is 0 Å². The summed E-state index contributed by atoms with van der Waals surface area (Å²) in [5.41, 5.74) is 0.141. The molecule has 1 aromatic carbocycles. The molecule has 0 fully saturated rings. The Balaban J connectivity index is 1.88. The molecule has 0 aliphatic heterocycles. The summed E-state index contributed by atoms with van der Waals surface area (Å²) >= 11 is 6.15. The number of hydrogen-bond donors (Lipinski definition) is 0. The molecule has 3 aromatic rings. The largest absolute Gasteiger partial charge is 0.404 e. The standard InChI is InChI=1S/C14H13ClN6O3/c1-3-20-12(6-7-16-20)24-13(22)10-5-4-9(8-11(10)15)21-14(23)19(2)17-18-21/h4-8H,3H2,1-2H3.